The number of anilines is 2. The fourth-order valence-electron chi connectivity index (χ4n) is 3.02. The minimum Gasteiger partial charge on any atom is -0.372 e. The summed E-state index contributed by atoms with van der Waals surface area (Å²) in [7, 11) is 0. The molecular formula is C20H21IN6OS. The number of hydrogen-bond acceptors (Lipinski definition) is 7. The van der Waals surface area contributed by atoms with Gasteiger partial charge in [-0.25, -0.2) is 9.97 Å². The van der Waals surface area contributed by atoms with Crippen LogP contribution in [0.1, 0.15) is 16.4 Å². The largest absolute Gasteiger partial charge is 0.372 e. The molecule has 0 aliphatic heterocycles. The lowest BCUT2D eigenvalue weighted by Crippen LogP contribution is -2.28. The number of thiophene rings is 1. The first-order valence-electron chi connectivity index (χ1n) is 9.19. The first-order valence-corrected chi connectivity index (χ1v) is 11.6. The smallest absolute Gasteiger partial charge is 0.222 e. The number of H-pyrrole nitrogens is 1. The zero-order valence-electron chi connectivity index (χ0n) is 15.7. The predicted molar refractivity (Wildman–Crippen MR) is 125 cm³/mol. The lowest BCUT2D eigenvalue weighted by Gasteiger charge is -2.23. The van der Waals surface area contributed by atoms with Gasteiger partial charge in [0.15, 0.2) is 0 Å². The van der Waals surface area contributed by atoms with Gasteiger partial charge in [-0.15, -0.1) is 11.3 Å². The summed E-state index contributed by atoms with van der Waals surface area (Å²) in [5.41, 5.74) is 8.82. The molecule has 0 amide bonds. The van der Waals surface area contributed by atoms with Crippen molar-refractivity contribution in [1.29, 1.82) is 0 Å². The van der Waals surface area contributed by atoms with Gasteiger partial charge in [0.25, 0.3) is 0 Å². The van der Waals surface area contributed by atoms with Crippen molar-refractivity contribution in [3.63, 3.8) is 0 Å². The molecule has 0 saturated carbocycles. The van der Waals surface area contributed by atoms with Gasteiger partial charge in [0.05, 0.1) is 29.9 Å². The van der Waals surface area contributed by atoms with E-state index < -0.39 is 0 Å². The summed E-state index contributed by atoms with van der Waals surface area (Å²) < 4.78 is 6.68. The SMILES string of the molecule is Nc1nc(CI)cc(N(CCOCc2nc3ccccc3[nH]2)Cc2cccs2)n1. The third-order valence-corrected chi connectivity index (χ3v) is 6.00. The molecule has 0 spiro atoms. The van der Waals surface area contributed by atoms with Crippen molar-refractivity contribution in [2.24, 2.45) is 0 Å². The molecule has 3 aromatic heterocycles. The van der Waals surface area contributed by atoms with Gasteiger partial charge in [-0.1, -0.05) is 40.8 Å². The fraction of sp³-hybridized carbons (Fsp3) is 0.250. The molecule has 1 aromatic carbocycles. The van der Waals surface area contributed by atoms with Crippen LogP contribution in [0.15, 0.2) is 47.8 Å². The molecule has 0 unspecified atom stereocenters. The number of para-hydroxylation sites is 2. The highest BCUT2D eigenvalue weighted by atomic mass is 127. The van der Waals surface area contributed by atoms with Crippen LogP contribution in [-0.4, -0.2) is 33.1 Å². The summed E-state index contributed by atoms with van der Waals surface area (Å²) >= 11 is 4.01. The monoisotopic (exact) mass is 520 g/mol. The Balaban J connectivity index is 1.41. The number of nitrogens with zero attached hydrogens (tertiary/aromatic N) is 4. The van der Waals surface area contributed by atoms with Gasteiger partial charge in [0, 0.05) is 21.9 Å². The molecule has 29 heavy (non-hydrogen) atoms. The zero-order chi connectivity index (χ0) is 20.1. The second-order valence-electron chi connectivity index (χ2n) is 6.46. The Morgan fingerprint density at radius 3 is 2.83 bits per heavy atom. The number of hydrogen-bond donors (Lipinski definition) is 2. The van der Waals surface area contributed by atoms with Crippen molar-refractivity contribution in [3.05, 3.63) is 64.2 Å². The third kappa shape index (κ3) is 5.22. The van der Waals surface area contributed by atoms with E-state index in [9.17, 15) is 0 Å². The summed E-state index contributed by atoms with van der Waals surface area (Å²) in [4.78, 5) is 20.0. The van der Waals surface area contributed by atoms with E-state index in [2.05, 4.69) is 64.9 Å². The number of aromatic amines is 1. The molecule has 0 saturated heterocycles. The lowest BCUT2D eigenvalue weighted by atomic mass is 10.3. The maximum Gasteiger partial charge on any atom is 0.222 e. The maximum absolute atomic E-state index is 5.92. The van der Waals surface area contributed by atoms with Crippen molar-refractivity contribution < 1.29 is 4.74 Å². The van der Waals surface area contributed by atoms with Crippen LogP contribution in [-0.2, 0) is 22.3 Å². The number of nitrogens with one attached hydrogen (secondary N) is 1. The van der Waals surface area contributed by atoms with Gasteiger partial charge in [-0.3, -0.25) is 0 Å². The van der Waals surface area contributed by atoms with Gasteiger partial charge < -0.3 is 20.4 Å². The maximum atomic E-state index is 5.92. The molecule has 4 rings (SSSR count). The van der Waals surface area contributed by atoms with E-state index in [4.69, 9.17) is 10.5 Å². The molecule has 9 heteroatoms. The highest BCUT2D eigenvalue weighted by Crippen LogP contribution is 2.20. The molecule has 0 fully saturated rings. The van der Waals surface area contributed by atoms with Gasteiger partial charge in [-0.2, -0.15) is 4.98 Å². The number of ether oxygens (including phenoxy) is 1. The Kier molecular flexibility index (Phi) is 6.57. The van der Waals surface area contributed by atoms with E-state index in [1.54, 1.807) is 11.3 Å². The molecule has 0 atom stereocenters. The number of rotatable bonds is 9. The average molecular weight is 520 g/mol. The minimum atomic E-state index is 0.300. The molecule has 3 heterocycles. The van der Waals surface area contributed by atoms with E-state index in [0.29, 0.717) is 25.7 Å². The third-order valence-electron chi connectivity index (χ3n) is 4.35. The topological polar surface area (TPSA) is 93.0 Å². The number of nitrogen functional groups attached to an aromatic ring is 1. The molecule has 0 aliphatic rings. The molecule has 0 radical (unpaired) electrons. The van der Waals surface area contributed by atoms with E-state index >= 15 is 0 Å². The van der Waals surface area contributed by atoms with E-state index in [0.717, 1.165) is 39.3 Å². The van der Waals surface area contributed by atoms with E-state index in [1.165, 1.54) is 4.88 Å². The quantitative estimate of drug-likeness (QED) is 0.196. The first-order chi connectivity index (χ1) is 14.2. The van der Waals surface area contributed by atoms with Crippen molar-refractivity contribution >= 4 is 56.7 Å². The van der Waals surface area contributed by atoms with Crippen LogP contribution in [0.2, 0.25) is 0 Å². The van der Waals surface area contributed by atoms with Gasteiger partial charge in [0.2, 0.25) is 5.95 Å². The van der Waals surface area contributed by atoms with Crippen LogP contribution in [0.4, 0.5) is 11.8 Å². The number of nitrogens with two attached hydrogens (primary N) is 1. The van der Waals surface area contributed by atoms with Crippen LogP contribution in [0, 0.1) is 0 Å². The molecule has 0 aliphatic carbocycles. The van der Waals surface area contributed by atoms with Gasteiger partial charge >= 0.3 is 0 Å². The Labute approximate surface area is 186 Å². The van der Waals surface area contributed by atoms with Crippen LogP contribution < -0.4 is 10.6 Å². The summed E-state index contributed by atoms with van der Waals surface area (Å²) in [6.07, 6.45) is 0. The number of alkyl halides is 1. The Morgan fingerprint density at radius 2 is 2.03 bits per heavy atom. The Hall–Kier alpha value is -2.24. The van der Waals surface area contributed by atoms with Crippen molar-refractivity contribution in [3.8, 4) is 0 Å². The van der Waals surface area contributed by atoms with Crippen LogP contribution in [0.5, 0.6) is 0 Å². The summed E-state index contributed by atoms with van der Waals surface area (Å²) in [5.74, 6) is 1.95. The Morgan fingerprint density at radius 1 is 1.14 bits per heavy atom. The number of fused-ring (bicyclic) bond motifs is 1. The van der Waals surface area contributed by atoms with Crippen LogP contribution in [0.3, 0.4) is 0 Å². The van der Waals surface area contributed by atoms with Crippen molar-refractivity contribution in [2.45, 2.75) is 17.6 Å². The normalized spacial score (nSPS) is 11.2. The number of imidazole rings is 1. The van der Waals surface area contributed by atoms with Crippen molar-refractivity contribution in [1.82, 2.24) is 19.9 Å². The number of benzene rings is 1. The second kappa shape index (κ2) is 9.51. The van der Waals surface area contributed by atoms with E-state index in [1.807, 2.05) is 30.3 Å². The van der Waals surface area contributed by atoms with Gasteiger partial charge in [0.1, 0.15) is 18.2 Å². The molecule has 7 nitrogen and oxygen atoms in total. The summed E-state index contributed by atoms with van der Waals surface area (Å²) in [6.45, 7) is 2.43. The van der Waals surface area contributed by atoms with E-state index in [-0.39, 0.29) is 0 Å². The first kappa shape index (κ1) is 20.0. The summed E-state index contributed by atoms with van der Waals surface area (Å²) in [6, 6.07) is 14.1. The van der Waals surface area contributed by atoms with Crippen molar-refractivity contribution in [2.75, 3.05) is 23.8 Å². The fourth-order valence-corrected chi connectivity index (χ4v) is 4.13. The molecule has 4 aromatic rings. The number of aromatic nitrogens is 4. The minimum absolute atomic E-state index is 0.300. The van der Waals surface area contributed by atoms with Gasteiger partial charge in [-0.05, 0) is 23.6 Å². The zero-order valence-corrected chi connectivity index (χ0v) is 18.7. The van der Waals surface area contributed by atoms with Crippen LogP contribution in [0.25, 0.3) is 11.0 Å². The highest BCUT2D eigenvalue weighted by Gasteiger charge is 2.13. The van der Waals surface area contributed by atoms with Crippen LogP contribution >= 0.6 is 33.9 Å². The molecule has 150 valence electrons. The molecule has 3 N–H and O–H groups in total. The molecular weight excluding hydrogens is 499 g/mol. The Bertz CT molecular complexity index is 1030. The lowest BCUT2D eigenvalue weighted by molar-refractivity contribution is 0.121. The standard InChI is InChI=1S/C20H21IN6OS/c21-11-14-10-19(26-20(22)23-14)27(12-15-4-3-9-29-15)7-8-28-13-18-24-16-5-1-2-6-17(16)25-18/h1-6,9-10H,7-8,11-13H2,(H,24,25)(H2,22,23,26). The molecule has 0 bridgehead atoms. The average Bonchev–Trinajstić information content (AvgIpc) is 3.38. The number of halogens is 1. The highest BCUT2D eigenvalue weighted by molar-refractivity contribution is 14.1. The summed E-state index contributed by atoms with van der Waals surface area (Å²) in [5, 5.41) is 2.08. The predicted octanol–water partition coefficient (Wildman–Crippen LogP) is 4.16. The second-order valence-corrected chi connectivity index (χ2v) is 8.26.